The third-order valence-electron chi connectivity index (χ3n) is 1.55. The van der Waals surface area contributed by atoms with E-state index in [9.17, 15) is 4.79 Å². The van der Waals surface area contributed by atoms with E-state index in [4.69, 9.17) is 4.84 Å². The summed E-state index contributed by atoms with van der Waals surface area (Å²) >= 11 is 0. The number of aryl methyl sites for hydroxylation is 1. The molecule has 1 aromatic rings. The normalized spacial score (nSPS) is 8.83. The van der Waals surface area contributed by atoms with Crippen molar-refractivity contribution in [1.82, 2.24) is 4.73 Å². The van der Waals surface area contributed by atoms with Crippen molar-refractivity contribution >= 4 is 6.29 Å². The zero-order valence-electron chi connectivity index (χ0n) is 7.03. The van der Waals surface area contributed by atoms with Crippen molar-refractivity contribution in [1.29, 1.82) is 0 Å². The molecule has 1 heterocycles. The smallest absolute Gasteiger partial charge is 0.303 e. The van der Waals surface area contributed by atoms with Gasteiger partial charge in [0.15, 0.2) is 6.20 Å². The fourth-order valence-corrected chi connectivity index (χ4v) is 0.963. The van der Waals surface area contributed by atoms with Crippen LogP contribution in [0.15, 0.2) is 12.4 Å². The summed E-state index contributed by atoms with van der Waals surface area (Å²) in [5.74, 6) is 0.836. The number of hydrogen-bond acceptors (Lipinski definition) is 2. The number of aromatic nitrogens is 2. The van der Waals surface area contributed by atoms with E-state index in [0.29, 0.717) is 6.42 Å². The summed E-state index contributed by atoms with van der Waals surface area (Å²) in [7, 11) is 3.43. The lowest BCUT2D eigenvalue weighted by Crippen LogP contribution is -3.00. The highest BCUT2D eigenvalue weighted by atomic mass is 127. The molecule has 0 atom stereocenters. The highest BCUT2D eigenvalue weighted by Gasteiger charge is 2.13. The van der Waals surface area contributed by atoms with Crippen LogP contribution >= 0.6 is 0 Å². The molecule has 68 valence electrons. The molecule has 0 radical (unpaired) electrons. The van der Waals surface area contributed by atoms with Gasteiger partial charge in [-0.15, -0.1) is 0 Å². The van der Waals surface area contributed by atoms with Gasteiger partial charge in [0.05, 0.1) is 7.05 Å². The number of carbonyl (C=O) groups excluding carboxylic acids is 1. The summed E-state index contributed by atoms with van der Waals surface area (Å²) in [6, 6.07) is 0. The Balaban J connectivity index is 0.00000121. The van der Waals surface area contributed by atoms with Gasteiger partial charge in [-0.05, 0) is 4.73 Å². The summed E-state index contributed by atoms with van der Waals surface area (Å²) in [5, 5.41) is 0. The van der Waals surface area contributed by atoms with Crippen LogP contribution in [0.3, 0.4) is 0 Å². The van der Waals surface area contributed by atoms with Crippen LogP contribution in [0.25, 0.3) is 0 Å². The maximum atomic E-state index is 10.2. The Morgan fingerprint density at radius 1 is 1.75 bits per heavy atom. The Bertz CT molecular complexity index is 260. The molecule has 1 aromatic heterocycles. The predicted octanol–water partition coefficient (Wildman–Crippen LogP) is -3.88. The van der Waals surface area contributed by atoms with Gasteiger partial charge in [0, 0.05) is 0 Å². The molecule has 0 unspecified atom stereocenters. The van der Waals surface area contributed by atoms with Crippen LogP contribution in [-0.4, -0.2) is 18.1 Å². The summed E-state index contributed by atoms with van der Waals surface area (Å²) in [6.07, 6.45) is 4.82. The van der Waals surface area contributed by atoms with Crippen LogP contribution in [0.1, 0.15) is 5.82 Å². The van der Waals surface area contributed by atoms with Crippen molar-refractivity contribution in [3.8, 4) is 0 Å². The maximum absolute atomic E-state index is 10.2. The van der Waals surface area contributed by atoms with Gasteiger partial charge in [-0.1, -0.05) is 0 Å². The van der Waals surface area contributed by atoms with Crippen LogP contribution in [0.5, 0.6) is 0 Å². The lowest BCUT2D eigenvalue weighted by atomic mass is 10.4. The van der Waals surface area contributed by atoms with Crippen molar-refractivity contribution < 1.29 is 38.2 Å². The summed E-state index contributed by atoms with van der Waals surface area (Å²) in [6.45, 7) is 0. The Labute approximate surface area is 88.1 Å². The van der Waals surface area contributed by atoms with E-state index in [1.54, 1.807) is 18.0 Å². The second kappa shape index (κ2) is 5.13. The lowest BCUT2D eigenvalue weighted by molar-refractivity contribution is -0.679. The van der Waals surface area contributed by atoms with Gasteiger partial charge in [0.2, 0.25) is 0 Å². The minimum absolute atomic E-state index is 0. The van der Waals surface area contributed by atoms with Crippen LogP contribution in [0, 0.1) is 0 Å². The van der Waals surface area contributed by atoms with Gasteiger partial charge in [-0.25, -0.2) is 4.57 Å². The molecule has 0 aliphatic carbocycles. The van der Waals surface area contributed by atoms with E-state index in [2.05, 4.69) is 0 Å². The van der Waals surface area contributed by atoms with Gasteiger partial charge in [-0.3, -0.25) is 0 Å². The molecule has 0 aliphatic rings. The molecule has 0 spiro atoms. The van der Waals surface area contributed by atoms with Crippen LogP contribution in [-0.2, 0) is 18.3 Å². The average molecular weight is 282 g/mol. The fraction of sp³-hybridized carbons (Fsp3) is 0.429. The summed E-state index contributed by atoms with van der Waals surface area (Å²) < 4.78 is 3.41. The highest BCUT2D eigenvalue weighted by Crippen LogP contribution is 1.90. The van der Waals surface area contributed by atoms with Crippen LogP contribution in [0.2, 0.25) is 0 Å². The first-order valence-corrected chi connectivity index (χ1v) is 3.33. The topological polar surface area (TPSA) is 35.1 Å². The molecule has 1 rings (SSSR count). The number of nitrogens with zero attached hydrogens (tertiary/aromatic N) is 2. The summed E-state index contributed by atoms with van der Waals surface area (Å²) in [5.41, 5.74) is 0. The number of rotatable bonds is 3. The largest absolute Gasteiger partial charge is 1.00 e. The lowest BCUT2D eigenvalue weighted by Gasteiger charge is -1.94. The molecular weight excluding hydrogens is 271 g/mol. The number of imidazole rings is 1. The second-order valence-corrected chi connectivity index (χ2v) is 2.20. The monoisotopic (exact) mass is 282 g/mol. The van der Waals surface area contributed by atoms with Gasteiger partial charge in [0.25, 0.3) is 0 Å². The van der Waals surface area contributed by atoms with Crippen molar-refractivity contribution in [3.63, 3.8) is 0 Å². The number of halogens is 1. The van der Waals surface area contributed by atoms with Crippen LogP contribution < -0.4 is 33.4 Å². The molecule has 4 nitrogen and oxygen atoms in total. The van der Waals surface area contributed by atoms with E-state index in [1.807, 2.05) is 17.8 Å². The molecule has 0 saturated heterocycles. The Morgan fingerprint density at radius 3 is 2.92 bits per heavy atom. The molecule has 0 saturated carbocycles. The minimum atomic E-state index is 0. The Morgan fingerprint density at radius 2 is 2.42 bits per heavy atom. The molecule has 0 N–H and O–H groups in total. The quantitative estimate of drug-likeness (QED) is 0.323. The Hall–Kier alpha value is -0.590. The zero-order valence-corrected chi connectivity index (χ0v) is 9.19. The van der Waals surface area contributed by atoms with Crippen LogP contribution in [0.4, 0.5) is 0 Å². The molecule has 0 aromatic carbocycles. The first-order chi connectivity index (χ1) is 5.29. The summed E-state index contributed by atoms with van der Waals surface area (Å²) in [4.78, 5) is 15.2. The third kappa shape index (κ3) is 2.20. The zero-order chi connectivity index (χ0) is 8.27. The predicted molar refractivity (Wildman–Crippen MR) is 37.9 cm³/mol. The van der Waals surface area contributed by atoms with Gasteiger partial charge < -0.3 is 33.6 Å². The number of hydrogen-bond donors (Lipinski definition) is 0. The first-order valence-electron chi connectivity index (χ1n) is 3.33. The van der Waals surface area contributed by atoms with Gasteiger partial charge >= 0.3 is 5.82 Å². The second-order valence-electron chi connectivity index (χ2n) is 2.20. The average Bonchev–Trinajstić information content (AvgIpc) is 2.34. The molecular formula is C7H11IN2O2. The fourth-order valence-electron chi connectivity index (χ4n) is 0.963. The van der Waals surface area contributed by atoms with Crippen molar-refractivity contribution in [2.45, 2.75) is 6.42 Å². The van der Waals surface area contributed by atoms with E-state index in [1.165, 1.54) is 0 Å². The van der Waals surface area contributed by atoms with E-state index >= 15 is 0 Å². The van der Waals surface area contributed by atoms with Gasteiger partial charge in [-0.2, -0.15) is 0 Å². The highest BCUT2D eigenvalue weighted by molar-refractivity contribution is 5.52. The minimum Gasteiger partial charge on any atom is -1.00 e. The van der Waals surface area contributed by atoms with Crippen molar-refractivity contribution in [3.05, 3.63) is 18.2 Å². The molecule has 0 bridgehead atoms. The standard InChI is InChI=1S/C7H11N2O2.HI/c1-8-4-5-9(11-2)7(8)3-6-10;/h4-6H,3H2,1-2H3;1H/q+1;/p-1. The first kappa shape index (κ1) is 11.4. The van der Waals surface area contributed by atoms with Crippen molar-refractivity contribution in [2.75, 3.05) is 7.11 Å². The van der Waals surface area contributed by atoms with E-state index < -0.39 is 0 Å². The molecule has 12 heavy (non-hydrogen) atoms. The maximum Gasteiger partial charge on any atom is 0.303 e. The van der Waals surface area contributed by atoms with E-state index in [-0.39, 0.29) is 24.0 Å². The molecule has 0 amide bonds. The number of aldehydes is 1. The molecule has 5 heteroatoms. The third-order valence-corrected chi connectivity index (χ3v) is 1.55. The molecule has 0 aliphatic heterocycles. The van der Waals surface area contributed by atoms with Gasteiger partial charge in [0.1, 0.15) is 26.0 Å². The Kier molecular flexibility index (Phi) is 4.87. The number of carbonyl (C=O) groups is 1. The van der Waals surface area contributed by atoms with Crippen molar-refractivity contribution in [2.24, 2.45) is 7.05 Å². The molecule has 0 fully saturated rings. The van der Waals surface area contributed by atoms with E-state index in [0.717, 1.165) is 12.1 Å². The SMILES string of the molecule is COn1cc[n+](C)c1CC=O.[I-].